The van der Waals surface area contributed by atoms with E-state index in [-0.39, 0.29) is 11.6 Å². The number of aromatic carboxylic acids is 1. The Morgan fingerprint density at radius 1 is 1.25 bits per heavy atom. The third-order valence-corrected chi connectivity index (χ3v) is 3.59. The zero-order valence-corrected chi connectivity index (χ0v) is 12.8. The maximum absolute atomic E-state index is 12.1. The number of carbonyl (C=O) groups excluding carboxylic acids is 1. The van der Waals surface area contributed by atoms with Crippen molar-refractivity contribution in [2.24, 2.45) is 0 Å². The van der Waals surface area contributed by atoms with Crippen molar-refractivity contribution < 1.29 is 14.7 Å². The Hall–Kier alpha value is -1.67. The molecular weight excluding hydrogens is 395 g/mol. The van der Waals surface area contributed by atoms with Crippen LogP contribution in [0.2, 0.25) is 5.02 Å². The molecule has 0 fully saturated rings. The normalized spacial score (nSPS) is 10.1. The topological polar surface area (TPSA) is 79.3 Å². The van der Waals surface area contributed by atoms with Gasteiger partial charge in [0, 0.05) is 8.59 Å². The molecule has 0 aliphatic rings. The monoisotopic (exact) mass is 402 g/mol. The quantitative estimate of drug-likeness (QED) is 0.772. The molecule has 0 aliphatic heterocycles. The molecule has 0 saturated heterocycles. The summed E-state index contributed by atoms with van der Waals surface area (Å²) in [4.78, 5) is 26.5. The molecule has 0 saturated carbocycles. The SMILES string of the molecule is O=C(O)c1ccc(NC(=O)c2cc(Cl)ccc2I)cn1. The molecular formula is C13H8ClIN2O3. The van der Waals surface area contributed by atoms with Crippen molar-refractivity contribution in [3.05, 3.63) is 56.4 Å². The third-order valence-electron chi connectivity index (χ3n) is 2.41. The van der Waals surface area contributed by atoms with Crippen LogP contribution in [0.1, 0.15) is 20.8 Å². The minimum atomic E-state index is -1.12. The molecule has 0 atom stereocenters. The summed E-state index contributed by atoms with van der Waals surface area (Å²) in [5.41, 5.74) is 0.775. The van der Waals surface area contributed by atoms with Gasteiger partial charge < -0.3 is 10.4 Å². The minimum absolute atomic E-state index is 0.0830. The highest BCUT2D eigenvalue weighted by atomic mass is 127. The highest BCUT2D eigenvalue weighted by molar-refractivity contribution is 14.1. The Bertz CT molecular complexity index is 674. The maximum atomic E-state index is 12.1. The van der Waals surface area contributed by atoms with Gasteiger partial charge in [0.25, 0.3) is 5.91 Å². The van der Waals surface area contributed by atoms with Crippen LogP contribution in [0.15, 0.2) is 36.5 Å². The van der Waals surface area contributed by atoms with E-state index in [0.29, 0.717) is 16.3 Å². The minimum Gasteiger partial charge on any atom is -0.477 e. The molecule has 0 radical (unpaired) electrons. The van der Waals surface area contributed by atoms with E-state index in [1.165, 1.54) is 18.3 Å². The molecule has 2 aromatic rings. The van der Waals surface area contributed by atoms with Gasteiger partial charge in [0.2, 0.25) is 0 Å². The first-order valence-corrected chi connectivity index (χ1v) is 6.89. The molecule has 2 N–H and O–H groups in total. The molecule has 0 bridgehead atoms. The number of nitrogens with zero attached hydrogens (tertiary/aromatic N) is 1. The summed E-state index contributed by atoms with van der Waals surface area (Å²) in [5, 5.41) is 11.8. The average Bonchev–Trinajstić information content (AvgIpc) is 2.42. The molecule has 1 amide bonds. The average molecular weight is 403 g/mol. The first-order valence-electron chi connectivity index (χ1n) is 5.43. The van der Waals surface area contributed by atoms with E-state index in [4.69, 9.17) is 16.7 Å². The van der Waals surface area contributed by atoms with Gasteiger partial charge in [0.05, 0.1) is 17.4 Å². The van der Waals surface area contributed by atoms with Crippen LogP contribution < -0.4 is 5.32 Å². The zero-order valence-electron chi connectivity index (χ0n) is 9.93. The van der Waals surface area contributed by atoms with Crippen LogP contribution >= 0.6 is 34.2 Å². The molecule has 20 heavy (non-hydrogen) atoms. The van der Waals surface area contributed by atoms with Crippen LogP contribution in [0.3, 0.4) is 0 Å². The smallest absolute Gasteiger partial charge is 0.354 e. The van der Waals surface area contributed by atoms with Gasteiger partial charge in [-0.3, -0.25) is 4.79 Å². The van der Waals surface area contributed by atoms with Crippen molar-refractivity contribution >= 4 is 51.8 Å². The first-order chi connectivity index (χ1) is 9.47. The van der Waals surface area contributed by atoms with Gasteiger partial charge in [0.1, 0.15) is 5.69 Å². The highest BCUT2D eigenvalue weighted by Crippen LogP contribution is 2.19. The Balaban J connectivity index is 2.19. The van der Waals surface area contributed by atoms with E-state index in [0.717, 1.165) is 3.57 Å². The van der Waals surface area contributed by atoms with Gasteiger partial charge in [-0.1, -0.05) is 11.6 Å². The molecule has 0 spiro atoms. The highest BCUT2D eigenvalue weighted by Gasteiger charge is 2.11. The third kappa shape index (κ3) is 3.45. The van der Waals surface area contributed by atoms with Crippen molar-refractivity contribution in [2.45, 2.75) is 0 Å². The second-order valence-electron chi connectivity index (χ2n) is 3.82. The molecule has 2 rings (SSSR count). The van der Waals surface area contributed by atoms with Crippen LogP contribution in [0.4, 0.5) is 5.69 Å². The Morgan fingerprint density at radius 3 is 2.60 bits per heavy atom. The fourth-order valence-corrected chi connectivity index (χ4v) is 2.22. The number of aromatic nitrogens is 1. The number of carboxylic acid groups (broad SMARTS) is 1. The van der Waals surface area contributed by atoms with Gasteiger partial charge in [-0.05, 0) is 52.9 Å². The van der Waals surface area contributed by atoms with Crippen LogP contribution in [-0.2, 0) is 0 Å². The van der Waals surface area contributed by atoms with Crippen molar-refractivity contribution in [3.63, 3.8) is 0 Å². The Morgan fingerprint density at radius 2 is 2.00 bits per heavy atom. The van der Waals surface area contributed by atoms with E-state index >= 15 is 0 Å². The first kappa shape index (κ1) is 14.7. The summed E-state index contributed by atoms with van der Waals surface area (Å²) < 4.78 is 0.764. The lowest BCUT2D eigenvalue weighted by molar-refractivity contribution is 0.0690. The van der Waals surface area contributed by atoms with E-state index in [1.54, 1.807) is 18.2 Å². The summed E-state index contributed by atoms with van der Waals surface area (Å²) in [6.45, 7) is 0. The van der Waals surface area contributed by atoms with E-state index < -0.39 is 5.97 Å². The van der Waals surface area contributed by atoms with E-state index in [2.05, 4.69) is 10.3 Å². The van der Waals surface area contributed by atoms with Gasteiger partial charge in [0.15, 0.2) is 0 Å². The number of anilines is 1. The lowest BCUT2D eigenvalue weighted by Crippen LogP contribution is -2.14. The number of halogens is 2. The van der Waals surface area contributed by atoms with Crippen LogP contribution in [0, 0.1) is 3.57 Å². The number of rotatable bonds is 3. The number of hydrogen-bond acceptors (Lipinski definition) is 3. The summed E-state index contributed by atoms with van der Waals surface area (Å²) in [5.74, 6) is -1.45. The second kappa shape index (κ2) is 6.19. The predicted octanol–water partition coefficient (Wildman–Crippen LogP) is 3.29. The Labute approximate surface area is 133 Å². The fraction of sp³-hybridized carbons (Fsp3) is 0. The van der Waals surface area contributed by atoms with Crippen LogP contribution in [0.5, 0.6) is 0 Å². The Kier molecular flexibility index (Phi) is 4.56. The van der Waals surface area contributed by atoms with Gasteiger partial charge >= 0.3 is 5.97 Å². The molecule has 102 valence electrons. The number of carbonyl (C=O) groups is 2. The number of hydrogen-bond donors (Lipinski definition) is 2. The van der Waals surface area contributed by atoms with Gasteiger partial charge in [-0.25, -0.2) is 9.78 Å². The molecule has 0 unspecified atom stereocenters. The molecule has 1 aromatic heterocycles. The lowest BCUT2D eigenvalue weighted by atomic mass is 10.2. The van der Waals surface area contributed by atoms with Crippen molar-refractivity contribution in [2.75, 3.05) is 5.32 Å². The largest absolute Gasteiger partial charge is 0.477 e. The molecule has 0 aliphatic carbocycles. The molecule has 1 aromatic carbocycles. The number of pyridine rings is 1. The number of amides is 1. The summed E-state index contributed by atoms with van der Waals surface area (Å²) in [6.07, 6.45) is 1.29. The van der Waals surface area contributed by atoms with Crippen molar-refractivity contribution in [1.82, 2.24) is 4.98 Å². The van der Waals surface area contributed by atoms with Gasteiger partial charge in [-0.2, -0.15) is 0 Å². The fourth-order valence-electron chi connectivity index (χ4n) is 1.46. The maximum Gasteiger partial charge on any atom is 0.354 e. The molecule has 1 heterocycles. The molecule has 7 heteroatoms. The van der Waals surface area contributed by atoms with E-state index in [1.807, 2.05) is 22.6 Å². The predicted molar refractivity (Wildman–Crippen MR) is 83.3 cm³/mol. The summed E-state index contributed by atoms with van der Waals surface area (Å²) in [6, 6.07) is 7.80. The summed E-state index contributed by atoms with van der Waals surface area (Å²) >= 11 is 7.89. The van der Waals surface area contributed by atoms with Crippen molar-refractivity contribution in [3.8, 4) is 0 Å². The number of nitrogens with one attached hydrogen (secondary N) is 1. The van der Waals surface area contributed by atoms with Gasteiger partial charge in [-0.15, -0.1) is 0 Å². The summed E-state index contributed by atoms with van der Waals surface area (Å²) in [7, 11) is 0. The second-order valence-corrected chi connectivity index (χ2v) is 5.41. The van der Waals surface area contributed by atoms with Crippen molar-refractivity contribution in [1.29, 1.82) is 0 Å². The van der Waals surface area contributed by atoms with E-state index in [9.17, 15) is 9.59 Å². The zero-order chi connectivity index (χ0) is 14.7. The lowest BCUT2D eigenvalue weighted by Gasteiger charge is -2.07. The standard InChI is InChI=1S/C13H8ClIN2O3/c14-7-1-3-10(15)9(5-7)12(18)17-8-2-4-11(13(19)20)16-6-8/h1-6H,(H,17,18)(H,19,20). The number of benzene rings is 1. The number of carboxylic acids is 1. The van der Waals surface area contributed by atoms with Crippen LogP contribution in [-0.4, -0.2) is 22.0 Å². The van der Waals surface area contributed by atoms with Crippen LogP contribution in [0.25, 0.3) is 0 Å². The molecule has 5 nitrogen and oxygen atoms in total.